The highest BCUT2D eigenvalue weighted by Gasteiger charge is 2.23. The molecular weight excluding hydrogens is 292 g/mol. The molecule has 0 bridgehead atoms. The van der Waals surface area contributed by atoms with E-state index in [-0.39, 0.29) is 17.4 Å². The van der Waals surface area contributed by atoms with Crippen LogP contribution in [0.5, 0.6) is 0 Å². The molecule has 0 amide bonds. The minimum atomic E-state index is -0.147. The van der Waals surface area contributed by atoms with Crippen molar-refractivity contribution in [2.75, 3.05) is 7.11 Å². The smallest absolute Gasteiger partial charge is 0.308 e. The SMILES string of the molecule is COC(=O)[C@H]1CC=C(c2cc3c(=O)[nH]c(C)nc3cc2C)CC1. The molecule has 1 atom stereocenters. The number of benzene rings is 1. The van der Waals surface area contributed by atoms with Gasteiger partial charge >= 0.3 is 5.97 Å². The van der Waals surface area contributed by atoms with Crippen molar-refractivity contribution in [1.29, 1.82) is 0 Å². The van der Waals surface area contributed by atoms with Gasteiger partial charge < -0.3 is 9.72 Å². The molecule has 0 radical (unpaired) electrons. The van der Waals surface area contributed by atoms with E-state index in [1.54, 1.807) is 6.92 Å². The van der Waals surface area contributed by atoms with Crippen LogP contribution < -0.4 is 5.56 Å². The number of aryl methyl sites for hydroxylation is 2. The molecule has 1 aromatic heterocycles. The van der Waals surface area contributed by atoms with Crippen LogP contribution in [0.1, 0.15) is 36.2 Å². The molecule has 0 aliphatic heterocycles. The lowest BCUT2D eigenvalue weighted by Crippen LogP contribution is -2.18. The van der Waals surface area contributed by atoms with Gasteiger partial charge in [0.15, 0.2) is 0 Å². The largest absolute Gasteiger partial charge is 0.469 e. The number of hydrogen-bond acceptors (Lipinski definition) is 4. The Morgan fingerprint density at radius 2 is 2.13 bits per heavy atom. The van der Waals surface area contributed by atoms with E-state index < -0.39 is 0 Å². The first kappa shape index (κ1) is 15.5. The van der Waals surface area contributed by atoms with Crippen LogP contribution in [0.3, 0.4) is 0 Å². The van der Waals surface area contributed by atoms with E-state index >= 15 is 0 Å². The number of methoxy groups -OCH3 is 1. The zero-order valence-electron chi connectivity index (χ0n) is 13.6. The average Bonchev–Trinajstić information content (AvgIpc) is 2.53. The number of nitrogens with zero attached hydrogens (tertiary/aromatic N) is 1. The summed E-state index contributed by atoms with van der Waals surface area (Å²) >= 11 is 0. The van der Waals surface area contributed by atoms with Crippen LogP contribution in [0.4, 0.5) is 0 Å². The summed E-state index contributed by atoms with van der Waals surface area (Å²) in [6.07, 6.45) is 4.36. The molecule has 1 aromatic carbocycles. The summed E-state index contributed by atoms with van der Waals surface area (Å²) in [5, 5.41) is 0.604. The lowest BCUT2D eigenvalue weighted by atomic mass is 9.85. The predicted octanol–water partition coefficient (Wildman–Crippen LogP) is 2.90. The third-order valence-electron chi connectivity index (χ3n) is 4.46. The second kappa shape index (κ2) is 5.99. The number of carbonyl (C=O) groups is 1. The monoisotopic (exact) mass is 312 g/mol. The van der Waals surface area contributed by atoms with Crippen LogP contribution in [0, 0.1) is 19.8 Å². The number of hydrogen-bond donors (Lipinski definition) is 1. The van der Waals surface area contributed by atoms with Crippen LogP contribution >= 0.6 is 0 Å². The van der Waals surface area contributed by atoms with Gasteiger partial charge in [0, 0.05) is 0 Å². The van der Waals surface area contributed by atoms with Gasteiger partial charge in [-0.15, -0.1) is 0 Å². The minimum absolute atomic E-state index is 0.0581. The predicted molar refractivity (Wildman–Crippen MR) is 89.2 cm³/mol. The molecule has 2 aromatic rings. The summed E-state index contributed by atoms with van der Waals surface area (Å²) in [5.41, 5.74) is 3.95. The first-order valence-corrected chi connectivity index (χ1v) is 7.78. The number of aromatic nitrogens is 2. The maximum atomic E-state index is 12.1. The second-order valence-corrected chi connectivity index (χ2v) is 6.06. The van der Waals surface area contributed by atoms with Crippen molar-refractivity contribution >= 4 is 22.4 Å². The van der Waals surface area contributed by atoms with Gasteiger partial charge in [-0.3, -0.25) is 9.59 Å². The Bertz CT molecular complexity index is 864. The zero-order valence-corrected chi connectivity index (χ0v) is 13.6. The Hall–Kier alpha value is -2.43. The molecule has 1 N–H and O–H groups in total. The molecule has 23 heavy (non-hydrogen) atoms. The van der Waals surface area contributed by atoms with E-state index in [2.05, 4.69) is 16.0 Å². The van der Waals surface area contributed by atoms with Gasteiger partial charge in [0.25, 0.3) is 5.56 Å². The number of ether oxygens (including phenoxy) is 1. The normalized spacial score (nSPS) is 17.9. The van der Waals surface area contributed by atoms with Gasteiger partial charge in [0.2, 0.25) is 0 Å². The quantitative estimate of drug-likeness (QED) is 0.866. The van der Waals surface area contributed by atoms with Crippen molar-refractivity contribution in [2.24, 2.45) is 5.92 Å². The molecule has 0 fully saturated rings. The third-order valence-corrected chi connectivity index (χ3v) is 4.46. The molecule has 5 heteroatoms. The van der Waals surface area contributed by atoms with Crippen molar-refractivity contribution in [3.05, 3.63) is 45.5 Å². The third kappa shape index (κ3) is 2.91. The van der Waals surface area contributed by atoms with Gasteiger partial charge in [-0.05, 0) is 61.9 Å². The number of allylic oxidation sites excluding steroid dienone is 2. The number of H-pyrrole nitrogens is 1. The zero-order chi connectivity index (χ0) is 16.6. The first-order chi connectivity index (χ1) is 11.0. The topological polar surface area (TPSA) is 72.1 Å². The minimum Gasteiger partial charge on any atom is -0.469 e. The molecule has 3 rings (SSSR count). The Kier molecular flexibility index (Phi) is 4.03. The molecule has 0 spiro atoms. The highest BCUT2D eigenvalue weighted by Crippen LogP contribution is 2.33. The maximum absolute atomic E-state index is 12.1. The number of esters is 1. The molecule has 0 saturated heterocycles. The van der Waals surface area contributed by atoms with E-state index in [9.17, 15) is 9.59 Å². The Morgan fingerprint density at radius 1 is 1.35 bits per heavy atom. The molecule has 1 aliphatic rings. The highest BCUT2D eigenvalue weighted by molar-refractivity contribution is 5.85. The molecule has 1 aliphatic carbocycles. The summed E-state index contributed by atoms with van der Waals surface area (Å²) in [4.78, 5) is 30.9. The van der Waals surface area contributed by atoms with E-state index in [4.69, 9.17) is 4.74 Å². The maximum Gasteiger partial charge on any atom is 0.308 e. The van der Waals surface area contributed by atoms with Gasteiger partial charge in [-0.25, -0.2) is 4.98 Å². The van der Waals surface area contributed by atoms with Crippen molar-refractivity contribution in [3.8, 4) is 0 Å². The fraction of sp³-hybridized carbons (Fsp3) is 0.389. The fourth-order valence-electron chi connectivity index (χ4n) is 3.21. The summed E-state index contributed by atoms with van der Waals surface area (Å²) in [6.45, 7) is 3.81. The number of aromatic amines is 1. The second-order valence-electron chi connectivity index (χ2n) is 6.06. The van der Waals surface area contributed by atoms with Gasteiger partial charge in [0.05, 0.1) is 23.9 Å². The number of rotatable bonds is 2. The molecule has 1 heterocycles. The van der Waals surface area contributed by atoms with Crippen LogP contribution in [0.25, 0.3) is 16.5 Å². The van der Waals surface area contributed by atoms with Crippen LogP contribution in [0.2, 0.25) is 0 Å². The van der Waals surface area contributed by atoms with Crippen LogP contribution in [-0.2, 0) is 9.53 Å². The molecule has 0 saturated carbocycles. The average molecular weight is 312 g/mol. The summed E-state index contributed by atoms with van der Waals surface area (Å²) in [5.74, 6) is 0.413. The summed E-state index contributed by atoms with van der Waals surface area (Å²) in [7, 11) is 1.43. The van der Waals surface area contributed by atoms with Crippen molar-refractivity contribution in [1.82, 2.24) is 9.97 Å². The van der Waals surface area contributed by atoms with E-state index in [1.165, 1.54) is 12.7 Å². The summed E-state index contributed by atoms with van der Waals surface area (Å²) in [6, 6.07) is 3.88. The molecule has 120 valence electrons. The Morgan fingerprint density at radius 3 is 2.78 bits per heavy atom. The molecule has 5 nitrogen and oxygen atoms in total. The fourth-order valence-corrected chi connectivity index (χ4v) is 3.21. The lowest BCUT2D eigenvalue weighted by Gasteiger charge is -2.21. The van der Waals surface area contributed by atoms with Crippen LogP contribution in [-0.4, -0.2) is 23.0 Å². The van der Waals surface area contributed by atoms with E-state index in [1.807, 2.05) is 19.1 Å². The lowest BCUT2D eigenvalue weighted by molar-refractivity contribution is -0.145. The number of fused-ring (bicyclic) bond motifs is 1. The summed E-state index contributed by atoms with van der Waals surface area (Å²) < 4.78 is 4.82. The molecular formula is C18H20N2O3. The molecule has 0 unspecified atom stereocenters. The van der Waals surface area contributed by atoms with Crippen molar-refractivity contribution < 1.29 is 9.53 Å². The Balaban J connectivity index is 2.01. The van der Waals surface area contributed by atoms with Gasteiger partial charge in [0.1, 0.15) is 5.82 Å². The van der Waals surface area contributed by atoms with Gasteiger partial charge in [-0.2, -0.15) is 0 Å². The van der Waals surface area contributed by atoms with Crippen molar-refractivity contribution in [2.45, 2.75) is 33.1 Å². The Labute approximate surface area is 134 Å². The number of nitrogens with one attached hydrogen (secondary N) is 1. The van der Waals surface area contributed by atoms with Gasteiger partial charge in [-0.1, -0.05) is 6.08 Å². The van der Waals surface area contributed by atoms with E-state index in [0.29, 0.717) is 17.6 Å². The standard InChI is InChI=1S/C18H20N2O3/c1-10-8-16-15(17(21)20-11(2)19-16)9-14(10)12-4-6-13(7-5-12)18(22)23-3/h4,8-9,13H,5-7H2,1-3H3,(H,19,20,21)/t13-/m0/s1. The number of carbonyl (C=O) groups excluding carboxylic acids is 1. The van der Waals surface area contributed by atoms with E-state index in [0.717, 1.165) is 29.5 Å². The highest BCUT2D eigenvalue weighted by atomic mass is 16.5. The first-order valence-electron chi connectivity index (χ1n) is 7.78. The van der Waals surface area contributed by atoms with Crippen LogP contribution in [0.15, 0.2) is 23.0 Å². The van der Waals surface area contributed by atoms with Crippen molar-refractivity contribution in [3.63, 3.8) is 0 Å².